The summed E-state index contributed by atoms with van der Waals surface area (Å²) in [5.74, 6) is 1.60. The average molecular weight is 394 g/mol. The Morgan fingerprint density at radius 2 is 1.79 bits per heavy atom. The van der Waals surface area contributed by atoms with Crippen molar-refractivity contribution < 1.29 is 4.74 Å². The molecule has 2 N–H and O–H groups in total. The van der Waals surface area contributed by atoms with Crippen LogP contribution in [-0.4, -0.2) is 77.6 Å². The van der Waals surface area contributed by atoms with Crippen LogP contribution in [0.25, 0.3) is 0 Å². The molecule has 2 rings (SSSR count). The Morgan fingerprint density at radius 1 is 1.07 bits per heavy atom. The van der Waals surface area contributed by atoms with Gasteiger partial charge in [0.2, 0.25) is 0 Å². The summed E-state index contributed by atoms with van der Waals surface area (Å²) in [6.45, 7) is 14.0. The molecule has 2 heterocycles. The summed E-state index contributed by atoms with van der Waals surface area (Å²) in [6, 6.07) is 0.489. The number of unbranched alkanes of at least 4 members (excludes halogenated alkanes) is 1. The fourth-order valence-corrected chi connectivity index (χ4v) is 3.79. The van der Waals surface area contributed by atoms with Gasteiger partial charge in [-0.25, -0.2) is 0 Å². The molecule has 0 saturated carbocycles. The number of aryl methyl sites for hydroxylation is 1. The first-order valence-electron chi connectivity index (χ1n) is 10.9. The topological polar surface area (TPSA) is 79.6 Å². The molecule has 0 amide bonds. The lowest BCUT2D eigenvalue weighted by atomic mass is 9.92. The number of guanidine groups is 1. The molecule has 28 heavy (non-hydrogen) atoms. The predicted molar refractivity (Wildman–Crippen MR) is 113 cm³/mol. The molecule has 160 valence electrons. The average Bonchev–Trinajstić information content (AvgIpc) is 3.25. The number of aromatic nitrogens is 3. The lowest BCUT2D eigenvalue weighted by Gasteiger charge is -2.38. The molecule has 1 unspecified atom stereocenters. The second-order valence-corrected chi connectivity index (χ2v) is 7.35. The van der Waals surface area contributed by atoms with Crippen molar-refractivity contribution in [3.05, 3.63) is 12.7 Å². The van der Waals surface area contributed by atoms with Crippen LogP contribution in [0.1, 0.15) is 46.5 Å². The van der Waals surface area contributed by atoms with Crippen LogP contribution in [0.15, 0.2) is 17.6 Å². The van der Waals surface area contributed by atoms with Gasteiger partial charge in [-0.05, 0) is 25.7 Å². The third-order valence-electron chi connectivity index (χ3n) is 5.49. The lowest BCUT2D eigenvalue weighted by molar-refractivity contribution is 0.00395. The van der Waals surface area contributed by atoms with E-state index in [0.29, 0.717) is 12.0 Å². The minimum atomic E-state index is 0.489. The number of hydrogen-bond acceptors (Lipinski definition) is 5. The van der Waals surface area contributed by atoms with Crippen molar-refractivity contribution in [3.63, 3.8) is 0 Å². The number of morpholine rings is 1. The smallest absolute Gasteiger partial charge is 0.191 e. The maximum absolute atomic E-state index is 5.55. The molecule has 1 aliphatic heterocycles. The summed E-state index contributed by atoms with van der Waals surface area (Å²) in [5, 5.41) is 14.6. The lowest BCUT2D eigenvalue weighted by Crippen LogP contribution is -2.49. The van der Waals surface area contributed by atoms with Gasteiger partial charge in [-0.15, -0.1) is 10.2 Å². The van der Waals surface area contributed by atoms with Crippen molar-refractivity contribution in [2.24, 2.45) is 10.9 Å². The molecule has 0 aliphatic carbocycles. The number of nitrogens with zero attached hydrogens (tertiary/aromatic N) is 5. The third kappa shape index (κ3) is 7.75. The summed E-state index contributed by atoms with van der Waals surface area (Å²) in [4.78, 5) is 7.52. The van der Waals surface area contributed by atoms with Gasteiger partial charge in [0.1, 0.15) is 12.7 Å². The van der Waals surface area contributed by atoms with Crippen molar-refractivity contribution in [1.82, 2.24) is 30.3 Å². The first-order valence-corrected chi connectivity index (χ1v) is 10.9. The largest absolute Gasteiger partial charge is 0.379 e. The van der Waals surface area contributed by atoms with E-state index in [1.165, 1.54) is 12.8 Å². The summed E-state index contributed by atoms with van der Waals surface area (Å²) in [6.07, 6.45) is 8.10. The quantitative estimate of drug-likeness (QED) is 0.320. The summed E-state index contributed by atoms with van der Waals surface area (Å²) in [5.41, 5.74) is 0. The Hall–Kier alpha value is -1.67. The van der Waals surface area contributed by atoms with Gasteiger partial charge in [0, 0.05) is 38.8 Å². The highest BCUT2D eigenvalue weighted by molar-refractivity contribution is 5.79. The van der Waals surface area contributed by atoms with Crippen LogP contribution in [-0.2, 0) is 11.3 Å². The predicted octanol–water partition coefficient (Wildman–Crippen LogP) is 1.75. The maximum Gasteiger partial charge on any atom is 0.191 e. The normalized spacial score (nSPS) is 17.1. The third-order valence-corrected chi connectivity index (χ3v) is 5.49. The van der Waals surface area contributed by atoms with Gasteiger partial charge < -0.3 is 19.9 Å². The maximum atomic E-state index is 5.55. The van der Waals surface area contributed by atoms with Crippen molar-refractivity contribution in [2.45, 2.75) is 59.0 Å². The molecule has 1 aromatic rings. The molecule has 1 saturated heterocycles. The van der Waals surface area contributed by atoms with Crippen LogP contribution in [0.3, 0.4) is 0 Å². The minimum absolute atomic E-state index is 0.489. The van der Waals surface area contributed by atoms with Crippen molar-refractivity contribution >= 4 is 5.96 Å². The van der Waals surface area contributed by atoms with E-state index in [1.54, 1.807) is 12.7 Å². The van der Waals surface area contributed by atoms with Crippen LogP contribution >= 0.6 is 0 Å². The fraction of sp³-hybridized carbons (Fsp3) is 0.850. The highest BCUT2D eigenvalue weighted by atomic mass is 16.5. The SMILES string of the molecule is CCNC(=NCC(C(CC)CC)N1CCOCC1)NCCCCn1cnnc1. The van der Waals surface area contributed by atoms with Crippen molar-refractivity contribution in [2.75, 3.05) is 45.9 Å². The number of ether oxygens (including phenoxy) is 1. The Bertz CT molecular complexity index is 525. The van der Waals surface area contributed by atoms with Gasteiger partial charge in [-0.1, -0.05) is 26.7 Å². The number of nitrogens with one attached hydrogen (secondary N) is 2. The fourth-order valence-electron chi connectivity index (χ4n) is 3.79. The molecule has 0 aromatic carbocycles. The van der Waals surface area contributed by atoms with Crippen LogP contribution in [0.2, 0.25) is 0 Å². The van der Waals surface area contributed by atoms with Crippen molar-refractivity contribution in [3.8, 4) is 0 Å². The minimum Gasteiger partial charge on any atom is -0.379 e. The zero-order chi connectivity index (χ0) is 20.0. The molecule has 1 aromatic heterocycles. The zero-order valence-corrected chi connectivity index (χ0v) is 17.9. The van der Waals surface area contributed by atoms with Gasteiger partial charge >= 0.3 is 0 Å². The molecular formula is C20H39N7O. The van der Waals surface area contributed by atoms with Crippen LogP contribution in [0.4, 0.5) is 0 Å². The number of aliphatic imine (C=N–C) groups is 1. The van der Waals surface area contributed by atoms with Gasteiger partial charge in [-0.2, -0.15) is 0 Å². The van der Waals surface area contributed by atoms with Gasteiger partial charge in [-0.3, -0.25) is 9.89 Å². The zero-order valence-electron chi connectivity index (χ0n) is 17.9. The van der Waals surface area contributed by atoms with Crippen LogP contribution < -0.4 is 10.6 Å². The molecule has 8 heteroatoms. The summed E-state index contributed by atoms with van der Waals surface area (Å²) < 4.78 is 7.57. The van der Waals surface area contributed by atoms with E-state index < -0.39 is 0 Å². The van der Waals surface area contributed by atoms with E-state index >= 15 is 0 Å². The molecule has 8 nitrogen and oxygen atoms in total. The Balaban J connectivity index is 1.84. The first-order chi connectivity index (χ1) is 13.8. The molecule has 1 aliphatic rings. The van der Waals surface area contributed by atoms with E-state index in [-0.39, 0.29) is 0 Å². The molecule has 1 atom stereocenters. The number of hydrogen-bond donors (Lipinski definition) is 2. The molecule has 0 spiro atoms. The second-order valence-electron chi connectivity index (χ2n) is 7.35. The number of rotatable bonds is 12. The van der Waals surface area contributed by atoms with Gasteiger partial charge in [0.25, 0.3) is 0 Å². The van der Waals surface area contributed by atoms with Crippen LogP contribution in [0.5, 0.6) is 0 Å². The molecule has 0 bridgehead atoms. The van der Waals surface area contributed by atoms with E-state index in [1.807, 2.05) is 4.57 Å². The standard InChI is InChI=1S/C20H39N7O/c1-4-18(5-2)19(27-11-13-28-14-12-27)15-23-20(21-6-3)22-9-7-8-10-26-16-24-25-17-26/h16-19H,4-15H2,1-3H3,(H2,21,22,23). The molecule has 1 fully saturated rings. The summed E-state index contributed by atoms with van der Waals surface area (Å²) >= 11 is 0. The van der Waals surface area contributed by atoms with Gasteiger partial charge in [0.05, 0.1) is 19.8 Å². The Kier molecular flexibility index (Phi) is 10.9. The van der Waals surface area contributed by atoms with Crippen LogP contribution in [0, 0.1) is 5.92 Å². The molecule has 0 radical (unpaired) electrons. The van der Waals surface area contributed by atoms with E-state index in [4.69, 9.17) is 9.73 Å². The monoisotopic (exact) mass is 393 g/mol. The molecular weight excluding hydrogens is 354 g/mol. The van der Waals surface area contributed by atoms with E-state index in [9.17, 15) is 0 Å². The Labute approximate surface area is 170 Å². The van der Waals surface area contributed by atoms with Crippen molar-refractivity contribution in [1.29, 1.82) is 0 Å². The second kappa shape index (κ2) is 13.5. The highest BCUT2D eigenvalue weighted by Gasteiger charge is 2.26. The van der Waals surface area contributed by atoms with E-state index in [0.717, 1.165) is 71.3 Å². The summed E-state index contributed by atoms with van der Waals surface area (Å²) in [7, 11) is 0. The first kappa shape index (κ1) is 22.6. The van der Waals surface area contributed by atoms with E-state index in [2.05, 4.69) is 46.5 Å². The Morgan fingerprint density at radius 3 is 2.43 bits per heavy atom. The van der Waals surface area contributed by atoms with Gasteiger partial charge in [0.15, 0.2) is 5.96 Å². The highest BCUT2D eigenvalue weighted by Crippen LogP contribution is 2.20.